The minimum Gasteiger partial charge on any atom is -0.461 e. The van der Waals surface area contributed by atoms with Crippen molar-refractivity contribution >= 4 is 5.97 Å². The van der Waals surface area contributed by atoms with E-state index in [1.165, 1.54) is 0 Å². The second-order valence-corrected chi connectivity index (χ2v) is 3.41. The van der Waals surface area contributed by atoms with Crippen molar-refractivity contribution in [3.63, 3.8) is 0 Å². The Balaban J connectivity index is 2.29. The van der Waals surface area contributed by atoms with Crippen LogP contribution in [0.1, 0.15) is 25.3 Å². The van der Waals surface area contributed by atoms with Crippen molar-refractivity contribution in [3.8, 4) is 0 Å². The third-order valence-electron chi connectivity index (χ3n) is 2.12. The van der Waals surface area contributed by atoms with Gasteiger partial charge in [0.1, 0.15) is 6.61 Å². The van der Waals surface area contributed by atoms with E-state index in [0.717, 1.165) is 5.56 Å². The first-order valence-corrected chi connectivity index (χ1v) is 5.10. The molecule has 82 valence electrons. The van der Waals surface area contributed by atoms with Gasteiger partial charge in [0.2, 0.25) is 0 Å². The summed E-state index contributed by atoms with van der Waals surface area (Å²) in [6.45, 7) is 2.10. The third-order valence-corrected chi connectivity index (χ3v) is 2.12. The molecule has 3 nitrogen and oxygen atoms in total. The molecule has 0 aromatic heterocycles. The fourth-order valence-corrected chi connectivity index (χ4v) is 1.13. The lowest BCUT2D eigenvalue weighted by Crippen LogP contribution is -2.14. The van der Waals surface area contributed by atoms with Gasteiger partial charge in [-0.3, -0.25) is 4.79 Å². The highest BCUT2D eigenvalue weighted by atomic mass is 16.5. The number of ether oxygens (including phenoxy) is 1. The molecule has 3 heteroatoms. The summed E-state index contributed by atoms with van der Waals surface area (Å²) in [6.07, 6.45) is 0.0531. The molecule has 0 fully saturated rings. The maximum Gasteiger partial charge on any atom is 0.308 e. The molecule has 15 heavy (non-hydrogen) atoms. The van der Waals surface area contributed by atoms with E-state index in [-0.39, 0.29) is 19.0 Å². The molecule has 0 spiro atoms. The first kappa shape index (κ1) is 11.7. The highest BCUT2D eigenvalue weighted by Gasteiger charge is 2.09. The van der Waals surface area contributed by atoms with Gasteiger partial charge in [-0.1, -0.05) is 37.3 Å². The van der Waals surface area contributed by atoms with Gasteiger partial charge >= 0.3 is 5.97 Å². The molecular weight excluding hydrogens is 192 g/mol. The summed E-state index contributed by atoms with van der Waals surface area (Å²) in [5, 5.41) is 9.22. The van der Waals surface area contributed by atoms with Gasteiger partial charge in [-0.05, 0) is 12.0 Å². The minimum atomic E-state index is -0.590. The maximum absolute atomic E-state index is 11.2. The lowest BCUT2D eigenvalue weighted by Gasteiger charge is -2.07. The van der Waals surface area contributed by atoms with Crippen LogP contribution in [0.3, 0.4) is 0 Å². The van der Waals surface area contributed by atoms with Gasteiger partial charge in [0, 0.05) is 0 Å². The van der Waals surface area contributed by atoms with Crippen LogP contribution in [0.2, 0.25) is 0 Å². The molecular formula is C12H16O3. The molecule has 1 unspecified atom stereocenters. The highest BCUT2D eigenvalue weighted by Crippen LogP contribution is 2.04. The van der Waals surface area contributed by atoms with Crippen LogP contribution in [0.25, 0.3) is 0 Å². The van der Waals surface area contributed by atoms with E-state index in [9.17, 15) is 9.90 Å². The van der Waals surface area contributed by atoms with Gasteiger partial charge < -0.3 is 9.84 Å². The molecule has 0 amide bonds. The molecule has 1 N–H and O–H groups in total. The number of esters is 1. The molecule has 1 aromatic rings. The van der Waals surface area contributed by atoms with E-state index in [1.54, 1.807) is 0 Å². The zero-order valence-corrected chi connectivity index (χ0v) is 8.85. The summed E-state index contributed by atoms with van der Waals surface area (Å²) in [6, 6.07) is 9.48. The molecule has 0 saturated carbocycles. The third kappa shape index (κ3) is 4.61. The molecule has 0 bridgehead atoms. The molecule has 1 rings (SSSR count). The molecule has 1 atom stereocenters. The molecule has 1 aromatic carbocycles. The Hall–Kier alpha value is -1.35. The van der Waals surface area contributed by atoms with Crippen molar-refractivity contribution in [2.45, 2.75) is 32.5 Å². The van der Waals surface area contributed by atoms with Gasteiger partial charge in [-0.15, -0.1) is 0 Å². The van der Waals surface area contributed by atoms with Crippen LogP contribution in [0.5, 0.6) is 0 Å². The zero-order valence-electron chi connectivity index (χ0n) is 8.85. The van der Waals surface area contributed by atoms with Crippen molar-refractivity contribution in [2.75, 3.05) is 0 Å². The Morgan fingerprint density at radius 2 is 2.07 bits per heavy atom. The number of carbonyl (C=O) groups is 1. The Kier molecular flexibility index (Phi) is 4.84. The monoisotopic (exact) mass is 208 g/mol. The molecule has 0 aliphatic heterocycles. The minimum absolute atomic E-state index is 0.0728. The van der Waals surface area contributed by atoms with Crippen molar-refractivity contribution < 1.29 is 14.6 Å². The maximum atomic E-state index is 11.2. The van der Waals surface area contributed by atoms with Gasteiger partial charge in [0.05, 0.1) is 12.5 Å². The lowest BCUT2D eigenvalue weighted by atomic mass is 10.2. The van der Waals surface area contributed by atoms with E-state index < -0.39 is 6.10 Å². The first-order chi connectivity index (χ1) is 7.22. The number of aliphatic hydroxyl groups excluding tert-OH is 1. The van der Waals surface area contributed by atoms with Crippen molar-refractivity contribution in [2.24, 2.45) is 0 Å². The predicted molar refractivity (Wildman–Crippen MR) is 57.2 cm³/mol. The topological polar surface area (TPSA) is 46.5 Å². The molecule has 0 aliphatic carbocycles. The first-order valence-electron chi connectivity index (χ1n) is 5.10. The summed E-state index contributed by atoms with van der Waals surface area (Å²) in [4.78, 5) is 11.2. The largest absolute Gasteiger partial charge is 0.461 e. The normalized spacial score (nSPS) is 12.1. The van der Waals surface area contributed by atoms with E-state index >= 15 is 0 Å². The number of carbonyl (C=O) groups excluding carboxylic acids is 1. The van der Waals surface area contributed by atoms with E-state index in [4.69, 9.17) is 4.74 Å². The number of hydrogen-bond donors (Lipinski definition) is 1. The van der Waals surface area contributed by atoms with Crippen LogP contribution in [0.15, 0.2) is 30.3 Å². The summed E-state index contributed by atoms with van der Waals surface area (Å²) in [7, 11) is 0. The standard InChI is InChI=1S/C12H16O3/c1-2-11(13)8-12(14)15-9-10-6-4-3-5-7-10/h3-7,11,13H,2,8-9H2,1H3. The van der Waals surface area contributed by atoms with Gasteiger partial charge in [-0.25, -0.2) is 0 Å². The molecule has 0 aliphatic rings. The Morgan fingerprint density at radius 1 is 1.40 bits per heavy atom. The number of rotatable bonds is 5. The van der Waals surface area contributed by atoms with Crippen LogP contribution in [-0.2, 0) is 16.1 Å². The SMILES string of the molecule is CCC(O)CC(=O)OCc1ccccc1. The second-order valence-electron chi connectivity index (χ2n) is 3.41. The molecule has 0 radical (unpaired) electrons. The number of aliphatic hydroxyl groups is 1. The highest BCUT2D eigenvalue weighted by molar-refractivity contribution is 5.69. The molecule has 0 saturated heterocycles. The average molecular weight is 208 g/mol. The van der Waals surface area contributed by atoms with Crippen LogP contribution >= 0.6 is 0 Å². The quantitative estimate of drug-likeness (QED) is 0.752. The average Bonchev–Trinajstić information content (AvgIpc) is 2.27. The fourth-order valence-electron chi connectivity index (χ4n) is 1.13. The summed E-state index contributed by atoms with van der Waals surface area (Å²) >= 11 is 0. The van der Waals surface area contributed by atoms with Crippen LogP contribution < -0.4 is 0 Å². The molecule has 0 heterocycles. The van der Waals surface area contributed by atoms with Gasteiger partial charge in [0.25, 0.3) is 0 Å². The predicted octanol–water partition coefficient (Wildman–Crippen LogP) is 1.89. The van der Waals surface area contributed by atoms with Crippen LogP contribution in [0.4, 0.5) is 0 Å². The van der Waals surface area contributed by atoms with Gasteiger partial charge in [0.15, 0.2) is 0 Å². The van der Waals surface area contributed by atoms with Crippen molar-refractivity contribution in [1.82, 2.24) is 0 Å². The van der Waals surface area contributed by atoms with Crippen molar-refractivity contribution in [3.05, 3.63) is 35.9 Å². The Morgan fingerprint density at radius 3 is 2.67 bits per heavy atom. The fraction of sp³-hybridized carbons (Fsp3) is 0.417. The number of hydrogen-bond acceptors (Lipinski definition) is 3. The Labute approximate surface area is 89.7 Å². The van der Waals surface area contributed by atoms with Crippen LogP contribution in [-0.4, -0.2) is 17.2 Å². The smallest absolute Gasteiger partial charge is 0.308 e. The van der Waals surface area contributed by atoms with E-state index in [1.807, 2.05) is 37.3 Å². The van der Waals surface area contributed by atoms with Crippen molar-refractivity contribution in [1.29, 1.82) is 0 Å². The lowest BCUT2D eigenvalue weighted by molar-refractivity contribution is -0.147. The second kappa shape index (κ2) is 6.19. The summed E-state index contributed by atoms with van der Waals surface area (Å²) < 4.78 is 5.00. The number of benzene rings is 1. The zero-order chi connectivity index (χ0) is 11.1. The van der Waals surface area contributed by atoms with Crippen LogP contribution in [0, 0.1) is 0 Å². The Bertz CT molecular complexity index is 295. The van der Waals surface area contributed by atoms with Gasteiger partial charge in [-0.2, -0.15) is 0 Å². The summed E-state index contributed by atoms with van der Waals surface area (Å²) in [5.74, 6) is -0.354. The van der Waals surface area contributed by atoms with E-state index in [0.29, 0.717) is 6.42 Å². The van der Waals surface area contributed by atoms with E-state index in [2.05, 4.69) is 0 Å². The summed E-state index contributed by atoms with van der Waals surface area (Å²) in [5.41, 5.74) is 0.955.